The van der Waals surface area contributed by atoms with Crippen LogP contribution in [0.15, 0.2) is 34.9 Å². The first-order valence-electron chi connectivity index (χ1n) is 6.30. The maximum absolute atomic E-state index is 12.2. The zero-order valence-corrected chi connectivity index (χ0v) is 11.1. The van der Waals surface area contributed by atoms with Crippen LogP contribution in [0, 0.1) is 6.92 Å². The third-order valence-corrected chi connectivity index (χ3v) is 2.98. The van der Waals surface area contributed by atoms with E-state index in [-0.39, 0.29) is 5.91 Å². The Balaban J connectivity index is 1.75. The van der Waals surface area contributed by atoms with Crippen molar-refractivity contribution in [2.75, 3.05) is 5.32 Å². The first-order chi connectivity index (χ1) is 9.63. The van der Waals surface area contributed by atoms with Crippen molar-refractivity contribution in [1.82, 2.24) is 5.16 Å². The number of fused-ring (bicyclic) bond motifs is 1. The van der Waals surface area contributed by atoms with Gasteiger partial charge in [0.05, 0.1) is 0 Å². The summed E-state index contributed by atoms with van der Waals surface area (Å²) in [4.78, 5) is 12.2. The number of carbonyl (C=O) groups is 1. The molecule has 104 valence electrons. The Hall–Kier alpha value is -2.50. The molecule has 6 nitrogen and oxygen atoms in total. The molecule has 0 saturated heterocycles. The number of hydrogen-bond donors (Lipinski definition) is 1. The third-order valence-electron chi connectivity index (χ3n) is 2.98. The largest absolute Gasteiger partial charge is 0.482 e. The summed E-state index contributed by atoms with van der Waals surface area (Å²) in [5, 5.41) is 6.36. The summed E-state index contributed by atoms with van der Waals surface area (Å²) in [6, 6.07) is 8.89. The molecule has 3 rings (SSSR count). The van der Waals surface area contributed by atoms with Gasteiger partial charge in [-0.05, 0) is 26.0 Å². The molecule has 0 spiro atoms. The fourth-order valence-electron chi connectivity index (χ4n) is 2.03. The van der Waals surface area contributed by atoms with Crippen molar-refractivity contribution in [1.29, 1.82) is 0 Å². The molecule has 2 aromatic rings. The van der Waals surface area contributed by atoms with Crippen LogP contribution in [0.2, 0.25) is 0 Å². The number of aryl methyl sites for hydroxylation is 1. The summed E-state index contributed by atoms with van der Waals surface area (Å²) in [7, 11) is 0. The molecule has 1 N–H and O–H groups in total. The van der Waals surface area contributed by atoms with Crippen molar-refractivity contribution < 1.29 is 18.8 Å². The lowest BCUT2D eigenvalue weighted by atomic mass is 10.1. The monoisotopic (exact) mass is 274 g/mol. The SMILES string of the molecule is Cc1cc(NC(=O)[C@H]2Oc3ccccc3O[C@H]2C)no1. The van der Waals surface area contributed by atoms with E-state index in [2.05, 4.69) is 10.5 Å². The summed E-state index contributed by atoms with van der Waals surface area (Å²) in [6.45, 7) is 3.54. The lowest BCUT2D eigenvalue weighted by Crippen LogP contribution is -2.46. The quantitative estimate of drug-likeness (QED) is 0.908. The van der Waals surface area contributed by atoms with Crippen LogP contribution < -0.4 is 14.8 Å². The number of anilines is 1. The Kier molecular flexibility index (Phi) is 3.06. The van der Waals surface area contributed by atoms with Gasteiger partial charge in [-0.25, -0.2) is 0 Å². The summed E-state index contributed by atoms with van der Waals surface area (Å²) in [6.07, 6.45) is -1.13. The number of aromatic nitrogens is 1. The molecule has 0 radical (unpaired) electrons. The van der Waals surface area contributed by atoms with Gasteiger partial charge in [-0.15, -0.1) is 0 Å². The summed E-state index contributed by atoms with van der Waals surface area (Å²) >= 11 is 0. The first kappa shape index (κ1) is 12.5. The van der Waals surface area contributed by atoms with Gasteiger partial charge < -0.3 is 19.3 Å². The lowest BCUT2D eigenvalue weighted by Gasteiger charge is -2.30. The van der Waals surface area contributed by atoms with Crippen molar-refractivity contribution in [3.05, 3.63) is 36.1 Å². The van der Waals surface area contributed by atoms with Crippen LogP contribution in [0.5, 0.6) is 11.5 Å². The van der Waals surface area contributed by atoms with Crippen molar-refractivity contribution >= 4 is 11.7 Å². The second-order valence-electron chi connectivity index (χ2n) is 4.62. The highest BCUT2D eigenvalue weighted by Crippen LogP contribution is 2.33. The molecule has 0 saturated carbocycles. The molecule has 0 aliphatic carbocycles. The number of nitrogens with one attached hydrogen (secondary N) is 1. The Morgan fingerprint density at radius 2 is 1.95 bits per heavy atom. The number of nitrogens with zero attached hydrogens (tertiary/aromatic N) is 1. The zero-order chi connectivity index (χ0) is 14.1. The van der Waals surface area contributed by atoms with E-state index in [1.54, 1.807) is 32.0 Å². The predicted molar refractivity (Wildman–Crippen MR) is 70.8 cm³/mol. The summed E-state index contributed by atoms with van der Waals surface area (Å²) in [5.74, 6) is 1.87. The van der Waals surface area contributed by atoms with Crippen molar-refractivity contribution in [2.45, 2.75) is 26.1 Å². The maximum atomic E-state index is 12.2. The van der Waals surface area contributed by atoms with E-state index in [1.165, 1.54) is 0 Å². The minimum atomic E-state index is -0.734. The van der Waals surface area contributed by atoms with Gasteiger partial charge in [0, 0.05) is 6.07 Å². The fraction of sp³-hybridized carbons (Fsp3) is 0.286. The number of benzene rings is 1. The maximum Gasteiger partial charge on any atom is 0.270 e. The van der Waals surface area contributed by atoms with E-state index in [9.17, 15) is 4.79 Å². The topological polar surface area (TPSA) is 73.6 Å². The van der Waals surface area contributed by atoms with Crippen LogP contribution in [0.25, 0.3) is 0 Å². The second kappa shape index (κ2) is 4.88. The van der Waals surface area contributed by atoms with Gasteiger partial charge in [0.15, 0.2) is 17.3 Å². The molecule has 1 aliphatic heterocycles. The van der Waals surface area contributed by atoms with E-state index in [1.807, 2.05) is 12.1 Å². The molecule has 1 aliphatic rings. The summed E-state index contributed by atoms with van der Waals surface area (Å²) in [5.41, 5.74) is 0. The Morgan fingerprint density at radius 3 is 2.60 bits per heavy atom. The molecular formula is C14H14N2O4. The molecule has 2 heterocycles. The van der Waals surface area contributed by atoms with Gasteiger partial charge in [0.2, 0.25) is 6.10 Å². The van der Waals surface area contributed by atoms with E-state index in [0.29, 0.717) is 23.1 Å². The number of carbonyl (C=O) groups excluding carboxylic acids is 1. The van der Waals surface area contributed by atoms with Crippen LogP contribution in [0.3, 0.4) is 0 Å². The summed E-state index contributed by atoms with van der Waals surface area (Å²) < 4.78 is 16.3. The molecule has 0 fully saturated rings. The molecule has 1 aromatic carbocycles. The normalized spacial score (nSPS) is 20.5. The van der Waals surface area contributed by atoms with Gasteiger partial charge in [0.25, 0.3) is 5.91 Å². The van der Waals surface area contributed by atoms with Crippen LogP contribution in [-0.2, 0) is 4.79 Å². The van der Waals surface area contributed by atoms with Crippen molar-refractivity contribution in [2.24, 2.45) is 0 Å². The molecular weight excluding hydrogens is 260 g/mol. The first-order valence-corrected chi connectivity index (χ1v) is 6.30. The number of amides is 1. The minimum absolute atomic E-state index is 0.319. The minimum Gasteiger partial charge on any atom is -0.482 e. The zero-order valence-electron chi connectivity index (χ0n) is 11.1. The van der Waals surface area contributed by atoms with Gasteiger partial charge in [-0.2, -0.15) is 0 Å². The smallest absolute Gasteiger partial charge is 0.270 e. The highest BCUT2D eigenvalue weighted by atomic mass is 16.6. The van der Waals surface area contributed by atoms with E-state index in [4.69, 9.17) is 14.0 Å². The average molecular weight is 274 g/mol. The standard InChI is InChI=1S/C14H14N2O4/c1-8-7-12(16-20-8)15-14(17)13-9(2)18-10-5-3-4-6-11(10)19-13/h3-7,9,13H,1-2H3,(H,15,16,17)/t9-,13-/m0/s1. The van der Waals surface area contributed by atoms with Gasteiger partial charge in [0.1, 0.15) is 11.9 Å². The number of rotatable bonds is 2. The van der Waals surface area contributed by atoms with E-state index >= 15 is 0 Å². The Morgan fingerprint density at radius 1 is 1.25 bits per heavy atom. The highest BCUT2D eigenvalue weighted by Gasteiger charge is 2.34. The van der Waals surface area contributed by atoms with E-state index < -0.39 is 12.2 Å². The van der Waals surface area contributed by atoms with Crippen molar-refractivity contribution in [3.63, 3.8) is 0 Å². The number of hydrogen-bond acceptors (Lipinski definition) is 5. The lowest BCUT2D eigenvalue weighted by molar-refractivity contribution is -0.128. The fourth-order valence-corrected chi connectivity index (χ4v) is 2.03. The van der Waals surface area contributed by atoms with Gasteiger partial charge >= 0.3 is 0 Å². The molecule has 2 atom stereocenters. The molecule has 0 unspecified atom stereocenters. The van der Waals surface area contributed by atoms with Crippen molar-refractivity contribution in [3.8, 4) is 11.5 Å². The van der Waals surface area contributed by atoms with Crippen LogP contribution in [-0.4, -0.2) is 23.3 Å². The predicted octanol–water partition coefficient (Wildman–Crippen LogP) is 2.15. The highest BCUT2D eigenvalue weighted by molar-refractivity contribution is 5.94. The molecule has 1 aromatic heterocycles. The molecule has 1 amide bonds. The van der Waals surface area contributed by atoms with Gasteiger partial charge in [-0.3, -0.25) is 4.79 Å². The van der Waals surface area contributed by atoms with E-state index in [0.717, 1.165) is 0 Å². The molecule has 0 bridgehead atoms. The second-order valence-corrected chi connectivity index (χ2v) is 4.62. The average Bonchev–Trinajstić information content (AvgIpc) is 2.83. The van der Waals surface area contributed by atoms with Crippen LogP contribution in [0.4, 0.5) is 5.82 Å². The van der Waals surface area contributed by atoms with Crippen LogP contribution in [0.1, 0.15) is 12.7 Å². The Labute approximate surface area is 115 Å². The Bertz CT molecular complexity index is 638. The number of ether oxygens (including phenoxy) is 2. The molecule has 6 heteroatoms. The van der Waals surface area contributed by atoms with Crippen LogP contribution >= 0.6 is 0 Å². The third kappa shape index (κ3) is 2.32. The molecule has 20 heavy (non-hydrogen) atoms. The van der Waals surface area contributed by atoms with Gasteiger partial charge in [-0.1, -0.05) is 17.3 Å². The number of para-hydroxylation sites is 2.